The van der Waals surface area contributed by atoms with Crippen molar-refractivity contribution in [3.8, 4) is 6.07 Å². The lowest BCUT2D eigenvalue weighted by atomic mass is 10.2. The molecular formula is C11H13NO2. The zero-order valence-corrected chi connectivity index (χ0v) is 8.19. The van der Waals surface area contributed by atoms with Crippen LogP contribution in [0.1, 0.15) is 11.1 Å². The standard InChI is InChI=1S/C11H13NO2/c1-13-6-7-14-9-11-4-2-10(8-12)3-5-11/h2-5H,6-7,9H2,1H3. The second-order valence-electron chi connectivity index (χ2n) is 2.85. The van der Waals surface area contributed by atoms with E-state index in [0.29, 0.717) is 25.4 Å². The lowest BCUT2D eigenvalue weighted by Gasteiger charge is -2.03. The van der Waals surface area contributed by atoms with Gasteiger partial charge in [0.15, 0.2) is 0 Å². The highest BCUT2D eigenvalue weighted by Crippen LogP contribution is 2.04. The Labute approximate surface area is 83.9 Å². The second-order valence-corrected chi connectivity index (χ2v) is 2.85. The first-order valence-corrected chi connectivity index (χ1v) is 4.42. The molecule has 0 spiro atoms. The van der Waals surface area contributed by atoms with Crippen LogP contribution in [-0.2, 0) is 16.1 Å². The molecule has 0 saturated heterocycles. The molecule has 0 aromatic heterocycles. The fourth-order valence-electron chi connectivity index (χ4n) is 1.01. The molecule has 0 unspecified atom stereocenters. The van der Waals surface area contributed by atoms with Crippen LogP contribution in [0.3, 0.4) is 0 Å². The van der Waals surface area contributed by atoms with E-state index in [1.807, 2.05) is 12.1 Å². The van der Waals surface area contributed by atoms with E-state index < -0.39 is 0 Å². The maximum absolute atomic E-state index is 8.58. The van der Waals surface area contributed by atoms with Gasteiger partial charge in [-0.15, -0.1) is 0 Å². The molecule has 1 rings (SSSR count). The minimum absolute atomic E-state index is 0.565. The molecule has 0 aliphatic heterocycles. The quantitative estimate of drug-likeness (QED) is 0.665. The summed E-state index contributed by atoms with van der Waals surface area (Å²) in [6.07, 6.45) is 0. The van der Waals surface area contributed by atoms with Gasteiger partial charge in [0.2, 0.25) is 0 Å². The largest absolute Gasteiger partial charge is 0.382 e. The summed E-state index contributed by atoms with van der Waals surface area (Å²) in [5.74, 6) is 0. The minimum Gasteiger partial charge on any atom is -0.382 e. The normalized spacial score (nSPS) is 9.71. The summed E-state index contributed by atoms with van der Waals surface area (Å²) in [6.45, 7) is 1.77. The molecule has 0 radical (unpaired) electrons. The summed E-state index contributed by atoms with van der Waals surface area (Å²) in [5, 5.41) is 8.58. The van der Waals surface area contributed by atoms with Gasteiger partial charge in [0.05, 0.1) is 31.5 Å². The molecule has 0 aliphatic rings. The molecule has 3 heteroatoms. The molecule has 3 nitrogen and oxygen atoms in total. The van der Waals surface area contributed by atoms with Crippen LogP contribution in [0.4, 0.5) is 0 Å². The van der Waals surface area contributed by atoms with Crippen molar-refractivity contribution in [1.29, 1.82) is 5.26 Å². The Bertz CT molecular complexity index is 300. The van der Waals surface area contributed by atoms with E-state index in [1.54, 1.807) is 19.2 Å². The number of nitriles is 1. The summed E-state index contributed by atoms with van der Waals surface area (Å²) in [5.41, 5.74) is 1.74. The van der Waals surface area contributed by atoms with Crippen molar-refractivity contribution in [2.45, 2.75) is 6.61 Å². The van der Waals surface area contributed by atoms with E-state index in [4.69, 9.17) is 14.7 Å². The number of nitrogens with zero attached hydrogens (tertiary/aromatic N) is 1. The Hall–Kier alpha value is -1.37. The van der Waals surface area contributed by atoms with Gasteiger partial charge in [0, 0.05) is 7.11 Å². The molecule has 0 aliphatic carbocycles. The smallest absolute Gasteiger partial charge is 0.0991 e. The molecule has 0 fully saturated rings. The van der Waals surface area contributed by atoms with E-state index in [1.165, 1.54) is 0 Å². The fourth-order valence-corrected chi connectivity index (χ4v) is 1.01. The maximum atomic E-state index is 8.58. The lowest BCUT2D eigenvalue weighted by molar-refractivity contribution is 0.0616. The topological polar surface area (TPSA) is 42.2 Å². The lowest BCUT2D eigenvalue weighted by Crippen LogP contribution is -2.01. The predicted molar refractivity (Wildman–Crippen MR) is 52.7 cm³/mol. The van der Waals surface area contributed by atoms with Crippen LogP contribution in [0.15, 0.2) is 24.3 Å². The highest BCUT2D eigenvalue weighted by molar-refractivity contribution is 5.31. The van der Waals surface area contributed by atoms with Crippen molar-refractivity contribution in [2.24, 2.45) is 0 Å². The van der Waals surface area contributed by atoms with Crippen molar-refractivity contribution < 1.29 is 9.47 Å². The number of hydrogen-bond acceptors (Lipinski definition) is 3. The van der Waals surface area contributed by atoms with Crippen LogP contribution in [0, 0.1) is 11.3 Å². The molecule has 0 atom stereocenters. The third-order valence-corrected chi connectivity index (χ3v) is 1.78. The number of methoxy groups -OCH3 is 1. The van der Waals surface area contributed by atoms with Gasteiger partial charge >= 0.3 is 0 Å². The van der Waals surface area contributed by atoms with Gasteiger partial charge in [-0.1, -0.05) is 12.1 Å². The zero-order chi connectivity index (χ0) is 10.2. The average Bonchev–Trinajstić information content (AvgIpc) is 2.25. The van der Waals surface area contributed by atoms with Crippen LogP contribution < -0.4 is 0 Å². The van der Waals surface area contributed by atoms with Gasteiger partial charge in [-0.25, -0.2) is 0 Å². The highest BCUT2D eigenvalue weighted by Gasteiger charge is 1.93. The molecule has 0 bridgehead atoms. The first-order valence-electron chi connectivity index (χ1n) is 4.42. The number of benzene rings is 1. The summed E-state index contributed by atoms with van der Waals surface area (Å²) in [6, 6.07) is 9.43. The number of hydrogen-bond donors (Lipinski definition) is 0. The third-order valence-electron chi connectivity index (χ3n) is 1.78. The summed E-state index contributed by atoms with van der Waals surface area (Å²) in [7, 11) is 1.64. The van der Waals surface area contributed by atoms with Gasteiger partial charge in [-0.05, 0) is 17.7 Å². The first kappa shape index (κ1) is 10.7. The van der Waals surface area contributed by atoms with Crippen molar-refractivity contribution in [3.05, 3.63) is 35.4 Å². The Morgan fingerprint density at radius 1 is 1.21 bits per heavy atom. The van der Waals surface area contributed by atoms with Crippen molar-refractivity contribution in [1.82, 2.24) is 0 Å². The predicted octanol–water partition coefficient (Wildman–Crippen LogP) is 1.72. The monoisotopic (exact) mass is 191 g/mol. The van der Waals surface area contributed by atoms with E-state index >= 15 is 0 Å². The van der Waals surface area contributed by atoms with Gasteiger partial charge in [-0.2, -0.15) is 5.26 Å². The summed E-state index contributed by atoms with van der Waals surface area (Å²) in [4.78, 5) is 0. The zero-order valence-electron chi connectivity index (χ0n) is 8.19. The van der Waals surface area contributed by atoms with E-state index in [-0.39, 0.29) is 0 Å². The SMILES string of the molecule is COCCOCc1ccc(C#N)cc1. The molecule has 74 valence electrons. The van der Waals surface area contributed by atoms with Gasteiger partial charge in [0.25, 0.3) is 0 Å². The number of rotatable bonds is 5. The molecule has 0 N–H and O–H groups in total. The van der Waals surface area contributed by atoms with Crippen LogP contribution >= 0.6 is 0 Å². The maximum Gasteiger partial charge on any atom is 0.0991 e. The Kier molecular flexibility index (Phi) is 4.70. The number of ether oxygens (including phenoxy) is 2. The fraction of sp³-hybridized carbons (Fsp3) is 0.364. The van der Waals surface area contributed by atoms with Gasteiger partial charge < -0.3 is 9.47 Å². The third kappa shape index (κ3) is 3.56. The average molecular weight is 191 g/mol. The van der Waals surface area contributed by atoms with Gasteiger partial charge in [-0.3, -0.25) is 0 Å². The summed E-state index contributed by atoms with van der Waals surface area (Å²) < 4.78 is 10.2. The van der Waals surface area contributed by atoms with Crippen LogP contribution in [-0.4, -0.2) is 20.3 Å². The molecule has 0 saturated carbocycles. The van der Waals surface area contributed by atoms with Crippen LogP contribution in [0.2, 0.25) is 0 Å². The van der Waals surface area contributed by atoms with Crippen molar-refractivity contribution in [2.75, 3.05) is 20.3 Å². The molecule has 14 heavy (non-hydrogen) atoms. The Morgan fingerprint density at radius 3 is 2.50 bits per heavy atom. The van der Waals surface area contributed by atoms with Crippen molar-refractivity contribution in [3.63, 3.8) is 0 Å². The molecular weight excluding hydrogens is 178 g/mol. The molecule has 0 amide bonds. The molecule has 1 aromatic carbocycles. The van der Waals surface area contributed by atoms with Crippen LogP contribution in [0.25, 0.3) is 0 Å². The molecule has 0 heterocycles. The van der Waals surface area contributed by atoms with E-state index in [2.05, 4.69) is 6.07 Å². The minimum atomic E-state index is 0.565. The van der Waals surface area contributed by atoms with Gasteiger partial charge in [0.1, 0.15) is 0 Å². The highest BCUT2D eigenvalue weighted by atomic mass is 16.5. The molecule has 1 aromatic rings. The Balaban J connectivity index is 2.33. The van der Waals surface area contributed by atoms with Crippen LogP contribution in [0.5, 0.6) is 0 Å². The first-order chi connectivity index (χ1) is 6.86. The summed E-state index contributed by atoms with van der Waals surface area (Å²) >= 11 is 0. The van der Waals surface area contributed by atoms with E-state index in [9.17, 15) is 0 Å². The van der Waals surface area contributed by atoms with E-state index in [0.717, 1.165) is 5.56 Å². The Morgan fingerprint density at radius 2 is 1.93 bits per heavy atom. The second kappa shape index (κ2) is 6.14. The van der Waals surface area contributed by atoms with Crippen molar-refractivity contribution >= 4 is 0 Å².